The van der Waals surface area contributed by atoms with E-state index in [4.69, 9.17) is 26.3 Å². The fraction of sp³-hybridized carbons (Fsp3) is 1.00. The van der Waals surface area contributed by atoms with E-state index in [2.05, 4.69) is 0 Å². The van der Waals surface area contributed by atoms with Crippen molar-refractivity contribution in [2.45, 2.75) is 0 Å². The summed E-state index contributed by atoms with van der Waals surface area (Å²) in [6.45, 7) is 0. The van der Waals surface area contributed by atoms with Crippen LogP contribution in [-0.4, -0.2) is 26.7 Å². The summed E-state index contributed by atoms with van der Waals surface area (Å²) in [6.07, 6.45) is -0.117. The summed E-state index contributed by atoms with van der Waals surface area (Å²) in [7, 11) is -3.55. The Hall–Kier alpha value is 0.600. The van der Waals surface area contributed by atoms with Crippen molar-refractivity contribution in [3.8, 4) is 0 Å². The van der Waals surface area contributed by atoms with E-state index in [-0.39, 0.29) is 12.0 Å². The standard InChI is InChI=1S/C2H7ClO3P/c3-1-2-7(4,5)6/h4-6H,1-2H2/q+1. The molecule has 5 heteroatoms. The Balaban J connectivity index is 3.15. The second kappa shape index (κ2) is 2.80. The Kier molecular flexibility index (Phi) is 3.04. The summed E-state index contributed by atoms with van der Waals surface area (Å²) in [6, 6.07) is 0. The Labute approximate surface area is 47.1 Å². The van der Waals surface area contributed by atoms with Crippen LogP contribution in [0.5, 0.6) is 0 Å². The number of hydrogen-bond acceptors (Lipinski definition) is 3. The average molecular weight is 146 g/mol. The van der Waals surface area contributed by atoms with Crippen molar-refractivity contribution < 1.29 is 14.7 Å². The molecule has 0 rings (SSSR count). The topological polar surface area (TPSA) is 60.7 Å². The van der Waals surface area contributed by atoms with Gasteiger partial charge in [0, 0.05) is 0 Å². The van der Waals surface area contributed by atoms with E-state index in [1.54, 1.807) is 0 Å². The Morgan fingerprint density at radius 2 is 1.71 bits per heavy atom. The van der Waals surface area contributed by atoms with Gasteiger partial charge in [-0.25, -0.2) is 0 Å². The van der Waals surface area contributed by atoms with Crippen LogP contribution < -0.4 is 0 Å². The minimum absolute atomic E-state index is 0.0806. The molecule has 0 aliphatic heterocycles. The molecule has 3 N–H and O–H groups in total. The SMILES string of the molecule is O[P+](O)(O)CCCl. The van der Waals surface area contributed by atoms with Gasteiger partial charge in [0.05, 0.1) is 5.88 Å². The van der Waals surface area contributed by atoms with Crippen LogP contribution in [0.25, 0.3) is 0 Å². The molecular weight excluding hydrogens is 138 g/mol. The molecule has 0 aromatic heterocycles. The van der Waals surface area contributed by atoms with Crippen LogP contribution in [0.2, 0.25) is 0 Å². The summed E-state index contributed by atoms with van der Waals surface area (Å²) in [5.41, 5.74) is 0. The van der Waals surface area contributed by atoms with E-state index in [1.165, 1.54) is 0 Å². The lowest BCUT2D eigenvalue weighted by molar-refractivity contribution is 0.333. The van der Waals surface area contributed by atoms with Gasteiger partial charge in [0.15, 0.2) is 6.16 Å². The van der Waals surface area contributed by atoms with Gasteiger partial charge in [-0.1, -0.05) is 0 Å². The predicted octanol–water partition coefficient (Wildman–Crippen LogP) is -0.0353. The highest BCUT2D eigenvalue weighted by atomic mass is 35.5. The molecule has 0 aliphatic carbocycles. The molecule has 7 heavy (non-hydrogen) atoms. The maximum atomic E-state index is 8.16. The molecule has 0 saturated heterocycles. The van der Waals surface area contributed by atoms with Gasteiger partial charge in [0.2, 0.25) is 0 Å². The van der Waals surface area contributed by atoms with Gasteiger partial charge in [0.1, 0.15) is 0 Å². The van der Waals surface area contributed by atoms with E-state index in [0.29, 0.717) is 0 Å². The van der Waals surface area contributed by atoms with Crippen molar-refractivity contribution in [3.05, 3.63) is 0 Å². The molecule has 0 fully saturated rings. The van der Waals surface area contributed by atoms with Gasteiger partial charge >= 0.3 is 7.94 Å². The van der Waals surface area contributed by atoms with E-state index in [0.717, 1.165) is 0 Å². The fourth-order valence-corrected chi connectivity index (χ4v) is 1.02. The first-order valence-electron chi connectivity index (χ1n) is 1.68. The molecule has 0 radical (unpaired) electrons. The van der Waals surface area contributed by atoms with Gasteiger partial charge in [0.25, 0.3) is 0 Å². The van der Waals surface area contributed by atoms with Crippen LogP contribution in [0.3, 0.4) is 0 Å². The van der Waals surface area contributed by atoms with E-state index in [9.17, 15) is 0 Å². The second-order valence-corrected chi connectivity index (χ2v) is 3.32. The number of alkyl halides is 1. The summed E-state index contributed by atoms with van der Waals surface area (Å²) in [5, 5.41) is 0. The lowest BCUT2D eigenvalue weighted by Gasteiger charge is -1.97. The minimum atomic E-state index is -3.55. The molecule has 0 unspecified atom stereocenters. The summed E-state index contributed by atoms with van der Waals surface area (Å²) < 4.78 is 0. The largest absolute Gasteiger partial charge is 0.404 e. The van der Waals surface area contributed by atoms with Crippen LogP contribution in [0.15, 0.2) is 0 Å². The van der Waals surface area contributed by atoms with Gasteiger partial charge in [-0.2, -0.15) is 14.7 Å². The first-order chi connectivity index (χ1) is 3.06. The van der Waals surface area contributed by atoms with Crippen molar-refractivity contribution in [2.75, 3.05) is 12.0 Å². The second-order valence-electron chi connectivity index (χ2n) is 1.11. The van der Waals surface area contributed by atoms with Gasteiger partial charge in [-0.05, 0) is 0 Å². The highest BCUT2D eigenvalue weighted by Gasteiger charge is 2.27. The van der Waals surface area contributed by atoms with Crippen molar-refractivity contribution in [1.29, 1.82) is 0 Å². The van der Waals surface area contributed by atoms with Crippen LogP contribution in [-0.2, 0) is 0 Å². The molecule has 0 amide bonds. The van der Waals surface area contributed by atoms with E-state index >= 15 is 0 Å². The number of rotatable bonds is 2. The van der Waals surface area contributed by atoms with Gasteiger partial charge < -0.3 is 0 Å². The normalized spacial score (nSPS) is 12.0. The van der Waals surface area contributed by atoms with E-state index < -0.39 is 7.94 Å². The molecule has 3 nitrogen and oxygen atoms in total. The molecule has 0 heterocycles. The zero-order valence-corrected chi connectivity index (χ0v) is 5.23. The molecule has 0 atom stereocenters. The molecule has 0 saturated carbocycles. The summed E-state index contributed by atoms with van der Waals surface area (Å²) in [4.78, 5) is 24.5. The molecule has 44 valence electrons. The Bertz CT molecular complexity index is 51.4. The predicted molar refractivity (Wildman–Crippen MR) is 29.2 cm³/mol. The highest BCUT2D eigenvalue weighted by molar-refractivity contribution is 7.58. The molecule has 0 bridgehead atoms. The van der Waals surface area contributed by atoms with Crippen LogP contribution in [0.4, 0.5) is 0 Å². The third kappa shape index (κ3) is 6.60. The molecule has 0 spiro atoms. The number of halogens is 1. The van der Waals surface area contributed by atoms with Crippen molar-refractivity contribution in [2.24, 2.45) is 0 Å². The van der Waals surface area contributed by atoms with Crippen molar-refractivity contribution in [3.63, 3.8) is 0 Å². The van der Waals surface area contributed by atoms with Crippen LogP contribution in [0, 0.1) is 0 Å². The van der Waals surface area contributed by atoms with Crippen LogP contribution >= 0.6 is 19.5 Å². The molecular formula is C2H7ClO3P+. The fourth-order valence-electron chi connectivity index (χ4n) is 0.113. The first kappa shape index (κ1) is 7.60. The van der Waals surface area contributed by atoms with Crippen molar-refractivity contribution >= 4 is 19.5 Å². The third-order valence-corrected chi connectivity index (χ3v) is 1.66. The molecule has 0 aromatic carbocycles. The monoisotopic (exact) mass is 145 g/mol. The van der Waals surface area contributed by atoms with Crippen LogP contribution in [0.1, 0.15) is 0 Å². The highest BCUT2D eigenvalue weighted by Crippen LogP contribution is 2.43. The quantitative estimate of drug-likeness (QED) is 0.378. The Morgan fingerprint density at radius 3 is 1.71 bits per heavy atom. The van der Waals surface area contributed by atoms with Gasteiger partial charge in [-0.15, -0.1) is 11.6 Å². The maximum Gasteiger partial charge on any atom is 0.404 e. The molecule has 0 aromatic rings. The van der Waals surface area contributed by atoms with E-state index in [1.807, 2.05) is 0 Å². The lowest BCUT2D eigenvalue weighted by Crippen LogP contribution is -1.94. The smallest absolute Gasteiger partial charge is 0.193 e. The average Bonchev–Trinajstić information content (AvgIpc) is 1.30. The summed E-state index contributed by atoms with van der Waals surface area (Å²) in [5.74, 6) is 0.0806. The van der Waals surface area contributed by atoms with Gasteiger partial charge in [-0.3, -0.25) is 0 Å². The lowest BCUT2D eigenvalue weighted by atomic mass is 11.0. The Morgan fingerprint density at radius 1 is 1.29 bits per heavy atom. The molecule has 0 aliphatic rings. The minimum Gasteiger partial charge on any atom is -0.193 e. The maximum absolute atomic E-state index is 8.16. The zero-order valence-electron chi connectivity index (χ0n) is 3.58. The number of hydrogen-bond donors (Lipinski definition) is 3. The van der Waals surface area contributed by atoms with Crippen molar-refractivity contribution in [1.82, 2.24) is 0 Å². The first-order valence-corrected chi connectivity index (χ1v) is 4.05. The summed E-state index contributed by atoms with van der Waals surface area (Å²) >= 11 is 5.03. The third-order valence-electron chi connectivity index (χ3n) is 0.385. The zero-order chi connectivity index (χ0) is 5.91.